The first kappa shape index (κ1) is 22.5. The summed E-state index contributed by atoms with van der Waals surface area (Å²) in [7, 11) is 0. The van der Waals surface area contributed by atoms with Gasteiger partial charge in [-0.05, 0) is 18.8 Å². The fourth-order valence-corrected chi connectivity index (χ4v) is 2.85. The second-order valence-corrected chi connectivity index (χ2v) is 7.40. The normalized spacial score (nSPS) is 11.1. The van der Waals surface area contributed by atoms with Crippen molar-refractivity contribution in [3.63, 3.8) is 0 Å². The molecule has 2 nitrogen and oxygen atoms in total. The summed E-state index contributed by atoms with van der Waals surface area (Å²) in [5, 5.41) is 0. The Morgan fingerprint density at radius 1 is 0.739 bits per heavy atom. The molecule has 2 heteroatoms. The number of esters is 1. The van der Waals surface area contributed by atoms with Crippen molar-refractivity contribution < 1.29 is 9.53 Å². The second-order valence-electron chi connectivity index (χ2n) is 7.40. The van der Waals surface area contributed by atoms with Crippen molar-refractivity contribution in [3.8, 4) is 0 Å². The molecule has 0 aliphatic carbocycles. The maximum absolute atomic E-state index is 11.6. The molecule has 0 saturated carbocycles. The van der Waals surface area contributed by atoms with Gasteiger partial charge in [0.2, 0.25) is 0 Å². The van der Waals surface area contributed by atoms with Gasteiger partial charge in [-0.2, -0.15) is 0 Å². The van der Waals surface area contributed by atoms with Crippen LogP contribution in [0.1, 0.15) is 117 Å². The maximum atomic E-state index is 11.6. The number of ether oxygens (including phenoxy) is 1. The topological polar surface area (TPSA) is 26.3 Å². The Morgan fingerprint density at radius 3 is 1.87 bits per heavy atom. The Kier molecular flexibility index (Phi) is 17.4. The minimum atomic E-state index is 0.00938. The predicted octanol–water partition coefficient (Wildman–Crippen LogP) is 7.06. The Balaban J connectivity index is 3.16. The molecule has 0 saturated heterocycles. The van der Waals surface area contributed by atoms with E-state index in [0.717, 1.165) is 18.8 Å². The van der Waals surface area contributed by atoms with Crippen LogP contribution in [0.5, 0.6) is 0 Å². The Labute approximate surface area is 145 Å². The van der Waals surface area contributed by atoms with E-state index in [1.807, 2.05) is 0 Å². The summed E-state index contributed by atoms with van der Waals surface area (Å²) in [6.45, 7) is 7.44. The van der Waals surface area contributed by atoms with E-state index in [1.54, 1.807) is 0 Å². The summed E-state index contributed by atoms with van der Waals surface area (Å²) in [5.74, 6) is 0.830. The van der Waals surface area contributed by atoms with Crippen LogP contribution in [0.15, 0.2) is 0 Å². The fourth-order valence-electron chi connectivity index (χ4n) is 2.85. The molecule has 138 valence electrons. The van der Waals surface area contributed by atoms with Crippen LogP contribution in [0.4, 0.5) is 0 Å². The highest BCUT2D eigenvalue weighted by molar-refractivity contribution is 5.69. The van der Waals surface area contributed by atoms with E-state index in [9.17, 15) is 4.79 Å². The Hall–Kier alpha value is -0.530. The molecule has 0 aromatic carbocycles. The predicted molar refractivity (Wildman–Crippen MR) is 101 cm³/mol. The van der Waals surface area contributed by atoms with Crippen molar-refractivity contribution in [2.45, 2.75) is 117 Å². The van der Waals surface area contributed by atoms with E-state index in [2.05, 4.69) is 20.8 Å². The zero-order valence-corrected chi connectivity index (χ0v) is 16.2. The number of hydrogen-bond acceptors (Lipinski definition) is 2. The average Bonchev–Trinajstić information content (AvgIpc) is 2.52. The van der Waals surface area contributed by atoms with Gasteiger partial charge in [0.15, 0.2) is 0 Å². The number of carbonyl (C=O) groups is 1. The number of carbonyl (C=O) groups excluding carboxylic acids is 1. The van der Waals surface area contributed by atoms with Gasteiger partial charge in [-0.15, -0.1) is 0 Å². The largest absolute Gasteiger partial charge is 0.466 e. The minimum absolute atomic E-state index is 0.00938. The lowest BCUT2D eigenvalue weighted by Crippen LogP contribution is -2.05. The molecule has 0 amide bonds. The molecule has 0 aromatic heterocycles. The van der Waals surface area contributed by atoms with Crippen molar-refractivity contribution in [3.05, 3.63) is 0 Å². The van der Waals surface area contributed by atoms with Gasteiger partial charge in [0.05, 0.1) is 6.61 Å². The summed E-state index contributed by atoms with van der Waals surface area (Å²) in [5.41, 5.74) is 0. The highest BCUT2D eigenvalue weighted by Gasteiger charge is 2.02. The molecular formula is C21H42O2. The maximum Gasteiger partial charge on any atom is 0.305 e. The smallest absolute Gasteiger partial charge is 0.305 e. The van der Waals surface area contributed by atoms with Crippen LogP contribution < -0.4 is 0 Å². The fraction of sp³-hybridized carbons (Fsp3) is 0.952. The molecule has 23 heavy (non-hydrogen) atoms. The monoisotopic (exact) mass is 326 g/mol. The van der Waals surface area contributed by atoms with Gasteiger partial charge in [0.1, 0.15) is 0 Å². The zero-order chi connectivity index (χ0) is 17.2. The van der Waals surface area contributed by atoms with Gasteiger partial charge in [-0.25, -0.2) is 0 Å². The number of rotatable bonds is 17. The van der Waals surface area contributed by atoms with Crippen molar-refractivity contribution >= 4 is 5.97 Å². The molecule has 0 aromatic rings. The van der Waals surface area contributed by atoms with E-state index < -0.39 is 0 Å². The standard InChI is InChI=1S/C21H42O2/c1-4-5-6-7-8-9-13-16-19-23-21(22)18-15-12-10-11-14-17-20(2)3/h20H,4-19H2,1-3H3. The summed E-state index contributed by atoms with van der Waals surface area (Å²) < 4.78 is 5.31. The molecule has 0 rings (SSSR count). The van der Waals surface area contributed by atoms with Crippen LogP contribution in [-0.2, 0) is 9.53 Å². The Bertz CT molecular complexity index is 248. The molecule has 0 atom stereocenters. The van der Waals surface area contributed by atoms with Crippen molar-refractivity contribution in [2.24, 2.45) is 5.92 Å². The van der Waals surface area contributed by atoms with Crippen LogP contribution in [-0.4, -0.2) is 12.6 Å². The second kappa shape index (κ2) is 17.8. The van der Waals surface area contributed by atoms with E-state index in [1.165, 1.54) is 77.0 Å². The van der Waals surface area contributed by atoms with Crippen LogP contribution >= 0.6 is 0 Å². The zero-order valence-electron chi connectivity index (χ0n) is 16.2. The highest BCUT2D eigenvalue weighted by atomic mass is 16.5. The summed E-state index contributed by atoms with van der Waals surface area (Å²) in [4.78, 5) is 11.6. The first-order valence-electron chi connectivity index (χ1n) is 10.3. The van der Waals surface area contributed by atoms with Crippen LogP contribution in [0.25, 0.3) is 0 Å². The lowest BCUT2D eigenvalue weighted by Gasteiger charge is -2.06. The molecule has 0 aliphatic rings. The molecule has 0 aliphatic heterocycles. The molecular weight excluding hydrogens is 284 g/mol. The van der Waals surface area contributed by atoms with Crippen molar-refractivity contribution in [1.29, 1.82) is 0 Å². The van der Waals surface area contributed by atoms with Crippen molar-refractivity contribution in [1.82, 2.24) is 0 Å². The summed E-state index contributed by atoms with van der Waals surface area (Å²) in [6, 6.07) is 0. The third-order valence-electron chi connectivity index (χ3n) is 4.42. The van der Waals surface area contributed by atoms with Gasteiger partial charge >= 0.3 is 5.97 Å². The van der Waals surface area contributed by atoms with Gasteiger partial charge in [0.25, 0.3) is 0 Å². The Morgan fingerprint density at radius 2 is 1.26 bits per heavy atom. The molecule has 0 fully saturated rings. The molecule has 0 radical (unpaired) electrons. The van der Waals surface area contributed by atoms with Crippen molar-refractivity contribution in [2.75, 3.05) is 6.61 Å². The van der Waals surface area contributed by atoms with E-state index in [4.69, 9.17) is 4.74 Å². The molecule has 0 bridgehead atoms. The first-order valence-corrected chi connectivity index (χ1v) is 10.3. The third-order valence-corrected chi connectivity index (χ3v) is 4.42. The van der Waals surface area contributed by atoms with Gasteiger partial charge < -0.3 is 4.74 Å². The quantitative estimate of drug-likeness (QED) is 0.211. The highest BCUT2D eigenvalue weighted by Crippen LogP contribution is 2.12. The van der Waals surface area contributed by atoms with Crippen LogP contribution in [0, 0.1) is 5.92 Å². The van der Waals surface area contributed by atoms with Gasteiger partial charge in [0, 0.05) is 6.42 Å². The van der Waals surface area contributed by atoms with Crippen LogP contribution in [0.3, 0.4) is 0 Å². The molecule has 0 unspecified atom stereocenters. The summed E-state index contributed by atoms with van der Waals surface area (Å²) >= 11 is 0. The lowest BCUT2D eigenvalue weighted by molar-refractivity contribution is -0.143. The third kappa shape index (κ3) is 19.4. The SMILES string of the molecule is CCCCCCCCCCOC(=O)CCCCCCCC(C)C. The minimum Gasteiger partial charge on any atom is -0.466 e. The van der Waals surface area contributed by atoms with E-state index >= 15 is 0 Å². The van der Waals surface area contributed by atoms with Crippen LogP contribution in [0.2, 0.25) is 0 Å². The molecule has 0 N–H and O–H groups in total. The van der Waals surface area contributed by atoms with Gasteiger partial charge in [-0.1, -0.05) is 97.8 Å². The van der Waals surface area contributed by atoms with E-state index in [-0.39, 0.29) is 5.97 Å². The molecule has 0 heterocycles. The first-order chi connectivity index (χ1) is 11.2. The van der Waals surface area contributed by atoms with Gasteiger partial charge in [-0.3, -0.25) is 4.79 Å². The number of unbranched alkanes of at least 4 members (excludes halogenated alkanes) is 11. The lowest BCUT2D eigenvalue weighted by atomic mass is 10.0. The number of hydrogen-bond donors (Lipinski definition) is 0. The average molecular weight is 327 g/mol. The summed E-state index contributed by atoms with van der Waals surface area (Å²) in [6.07, 6.45) is 18.3. The molecule has 0 spiro atoms. The van der Waals surface area contributed by atoms with E-state index in [0.29, 0.717) is 13.0 Å².